The quantitative estimate of drug-likeness (QED) is 0.905. The van der Waals surface area contributed by atoms with Crippen LogP contribution in [0.2, 0.25) is 0 Å². The Morgan fingerprint density at radius 2 is 2.05 bits per heavy atom. The normalized spacial score (nSPS) is 25.6. The minimum Gasteiger partial charge on any atom is -0.481 e. The van der Waals surface area contributed by atoms with Crippen LogP contribution in [0.3, 0.4) is 0 Å². The van der Waals surface area contributed by atoms with Gasteiger partial charge in [-0.3, -0.25) is 0 Å². The summed E-state index contributed by atoms with van der Waals surface area (Å²) < 4.78 is 56.9. The minimum absolute atomic E-state index is 0.143. The number of hydrogen-bond acceptors (Lipinski definition) is 5. The predicted octanol–water partition coefficient (Wildman–Crippen LogP) is 2.94. The zero-order valence-electron chi connectivity index (χ0n) is 12.3. The number of ether oxygens (including phenoxy) is 1. The number of aliphatic hydroxyl groups excluding tert-OH is 1. The van der Waals surface area contributed by atoms with Crippen molar-refractivity contribution in [3.63, 3.8) is 0 Å². The van der Waals surface area contributed by atoms with Crippen molar-refractivity contribution in [2.24, 2.45) is 5.92 Å². The first-order chi connectivity index (χ1) is 10.1. The lowest BCUT2D eigenvalue weighted by Crippen LogP contribution is -2.29. The van der Waals surface area contributed by atoms with Gasteiger partial charge < -0.3 is 9.84 Å². The number of rotatable bonds is 4. The van der Waals surface area contributed by atoms with Gasteiger partial charge in [-0.15, -0.1) is 0 Å². The molecule has 4 nitrogen and oxygen atoms in total. The number of thiophene rings is 1. The molecular weight excluding hydrogens is 334 g/mol. The maximum Gasteiger partial charge on any atom is 0.281 e. The average Bonchev–Trinajstić information content (AvgIpc) is 2.74. The van der Waals surface area contributed by atoms with Crippen molar-refractivity contribution < 1.29 is 27.0 Å². The largest absolute Gasteiger partial charge is 0.481 e. The van der Waals surface area contributed by atoms with Crippen LogP contribution in [-0.4, -0.2) is 31.8 Å². The molecule has 1 aromatic heterocycles. The van der Waals surface area contributed by atoms with Crippen LogP contribution < -0.4 is 4.74 Å². The van der Waals surface area contributed by atoms with E-state index in [0.29, 0.717) is 5.92 Å². The molecule has 2 aliphatic rings. The van der Waals surface area contributed by atoms with Crippen LogP contribution in [-0.2, 0) is 16.3 Å². The van der Waals surface area contributed by atoms with E-state index in [0.717, 1.165) is 36.9 Å². The standard InChI is InChI=1S/C14H18F2O4S2/c1-7(8-4-3-5-8)20-12-9-6-14(15,16)11(17)10(9)13(21-12)22(2,18)19/h7-8,11,17H,3-6H2,1-2H3/t7?,11-/m0/s1. The SMILES string of the molecule is CC(Oc1sc(S(C)(=O)=O)c2c1CC(F)(F)[C@H]2O)C1CCC1. The van der Waals surface area contributed by atoms with Crippen molar-refractivity contribution in [2.45, 2.75) is 54.9 Å². The molecule has 0 aliphatic heterocycles. The van der Waals surface area contributed by atoms with Gasteiger partial charge in [0.15, 0.2) is 14.9 Å². The lowest BCUT2D eigenvalue weighted by Gasteiger charge is -2.31. The molecule has 2 aliphatic carbocycles. The van der Waals surface area contributed by atoms with Gasteiger partial charge in [-0.1, -0.05) is 17.8 Å². The van der Waals surface area contributed by atoms with Crippen LogP contribution in [0.1, 0.15) is 43.4 Å². The molecule has 1 aromatic rings. The minimum atomic E-state index is -3.69. The molecule has 1 heterocycles. The fourth-order valence-corrected chi connectivity index (χ4v) is 5.45. The second-order valence-electron chi connectivity index (χ2n) is 6.20. The molecule has 1 N–H and O–H groups in total. The van der Waals surface area contributed by atoms with Crippen molar-refractivity contribution in [3.05, 3.63) is 11.1 Å². The first kappa shape index (κ1) is 16.1. The Morgan fingerprint density at radius 1 is 1.41 bits per heavy atom. The molecule has 1 unspecified atom stereocenters. The van der Waals surface area contributed by atoms with E-state index in [1.165, 1.54) is 0 Å². The van der Waals surface area contributed by atoms with Crippen molar-refractivity contribution >= 4 is 21.2 Å². The fraction of sp³-hybridized carbons (Fsp3) is 0.714. The van der Waals surface area contributed by atoms with E-state index < -0.39 is 28.3 Å². The van der Waals surface area contributed by atoms with Crippen LogP contribution >= 0.6 is 11.3 Å². The second kappa shape index (κ2) is 5.14. The molecule has 2 atom stereocenters. The van der Waals surface area contributed by atoms with Crippen LogP contribution in [0.4, 0.5) is 8.78 Å². The monoisotopic (exact) mass is 352 g/mol. The average molecular weight is 352 g/mol. The van der Waals surface area contributed by atoms with E-state index >= 15 is 0 Å². The molecule has 0 aromatic carbocycles. The Balaban J connectivity index is 2.00. The lowest BCUT2D eigenvalue weighted by molar-refractivity contribution is -0.0976. The summed E-state index contributed by atoms with van der Waals surface area (Å²) in [6.45, 7) is 1.87. The van der Waals surface area contributed by atoms with E-state index in [4.69, 9.17) is 4.74 Å². The molecule has 1 fully saturated rings. The van der Waals surface area contributed by atoms with Gasteiger partial charge in [-0.2, -0.15) is 0 Å². The van der Waals surface area contributed by atoms with Crippen LogP contribution in [0.5, 0.6) is 5.06 Å². The molecule has 0 radical (unpaired) electrons. The lowest BCUT2D eigenvalue weighted by atomic mass is 9.82. The highest BCUT2D eigenvalue weighted by Gasteiger charge is 2.52. The summed E-state index contributed by atoms with van der Waals surface area (Å²) in [5.41, 5.74) is -0.0255. The van der Waals surface area contributed by atoms with Crippen LogP contribution in [0.15, 0.2) is 4.21 Å². The molecule has 0 bridgehead atoms. The van der Waals surface area contributed by atoms with E-state index in [9.17, 15) is 22.3 Å². The first-order valence-electron chi connectivity index (χ1n) is 7.19. The number of alkyl halides is 2. The Labute approximate surface area is 132 Å². The second-order valence-corrected chi connectivity index (χ2v) is 9.39. The summed E-state index contributed by atoms with van der Waals surface area (Å²) in [4.78, 5) is 0. The molecule has 3 rings (SSSR count). The molecule has 1 saturated carbocycles. The van der Waals surface area contributed by atoms with E-state index in [1.807, 2.05) is 6.92 Å². The topological polar surface area (TPSA) is 63.6 Å². The number of aliphatic hydroxyl groups is 1. The van der Waals surface area contributed by atoms with Crippen LogP contribution in [0, 0.1) is 5.92 Å². The number of hydrogen-bond donors (Lipinski definition) is 1. The van der Waals surface area contributed by atoms with E-state index in [1.54, 1.807) is 0 Å². The van der Waals surface area contributed by atoms with Gasteiger partial charge in [0.25, 0.3) is 5.92 Å². The zero-order chi connectivity index (χ0) is 16.3. The van der Waals surface area contributed by atoms with Crippen LogP contribution in [0.25, 0.3) is 0 Å². The highest BCUT2D eigenvalue weighted by atomic mass is 32.2. The molecule has 0 spiro atoms. The molecule has 0 amide bonds. The van der Waals surface area contributed by atoms with Crippen molar-refractivity contribution in [3.8, 4) is 5.06 Å². The summed E-state index contributed by atoms with van der Waals surface area (Å²) in [5, 5.41) is 10.0. The van der Waals surface area contributed by atoms with E-state index in [-0.39, 0.29) is 26.5 Å². The van der Waals surface area contributed by atoms with Gasteiger partial charge in [0.2, 0.25) is 0 Å². The summed E-state index contributed by atoms with van der Waals surface area (Å²) in [7, 11) is -3.69. The van der Waals surface area contributed by atoms with Crippen molar-refractivity contribution in [1.29, 1.82) is 0 Å². The fourth-order valence-electron chi connectivity index (χ4n) is 2.97. The summed E-state index contributed by atoms with van der Waals surface area (Å²) >= 11 is 0.850. The smallest absolute Gasteiger partial charge is 0.281 e. The third kappa shape index (κ3) is 2.55. The van der Waals surface area contributed by atoms with Gasteiger partial charge >= 0.3 is 0 Å². The molecule has 0 saturated heterocycles. The van der Waals surface area contributed by atoms with Gasteiger partial charge in [-0.05, 0) is 25.7 Å². The predicted molar refractivity (Wildman–Crippen MR) is 78.5 cm³/mol. The number of fused-ring (bicyclic) bond motifs is 1. The van der Waals surface area contributed by atoms with Crippen molar-refractivity contribution in [1.82, 2.24) is 0 Å². The highest BCUT2D eigenvalue weighted by Crippen LogP contribution is 2.53. The van der Waals surface area contributed by atoms with Crippen molar-refractivity contribution in [2.75, 3.05) is 6.26 Å². The van der Waals surface area contributed by atoms with Gasteiger partial charge in [0.1, 0.15) is 10.3 Å². The van der Waals surface area contributed by atoms with Gasteiger partial charge in [0.05, 0.1) is 6.10 Å². The Bertz CT molecular complexity index is 692. The van der Waals surface area contributed by atoms with Gasteiger partial charge in [-0.25, -0.2) is 17.2 Å². The third-order valence-electron chi connectivity index (χ3n) is 4.51. The Morgan fingerprint density at radius 3 is 2.55 bits per heavy atom. The summed E-state index contributed by atoms with van der Waals surface area (Å²) in [6, 6.07) is 0. The summed E-state index contributed by atoms with van der Waals surface area (Å²) in [6.07, 6.45) is 1.25. The zero-order valence-corrected chi connectivity index (χ0v) is 13.9. The molecule has 8 heteroatoms. The maximum absolute atomic E-state index is 13.8. The molecular formula is C14H18F2O4S2. The Kier molecular flexibility index (Phi) is 3.77. The molecule has 124 valence electrons. The summed E-state index contributed by atoms with van der Waals surface area (Å²) in [5.74, 6) is -2.97. The number of sulfone groups is 1. The van der Waals surface area contributed by atoms with E-state index in [2.05, 4.69) is 0 Å². The number of halogens is 2. The highest BCUT2D eigenvalue weighted by molar-refractivity contribution is 7.92. The third-order valence-corrected chi connectivity index (χ3v) is 7.49. The first-order valence-corrected chi connectivity index (χ1v) is 9.90. The molecule has 22 heavy (non-hydrogen) atoms. The maximum atomic E-state index is 13.8. The van der Waals surface area contributed by atoms with Gasteiger partial charge in [0, 0.05) is 23.8 Å². The Hall–Kier alpha value is -0.730.